The monoisotopic (exact) mass is 353 g/mol. The van der Waals surface area contributed by atoms with Crippen molar-refractivity contribution in [3.05, 3.63) is 28.5 Å². The summed E-state index contributed by atoms with van der Waals surface area (Å²) in [4.78, 5) is 4.39. The van der Waals surface area contributed by atoms with Crippen LogP contribution in [0.1, 0.15) is 25.0 Å². The van der Waals surface area contributed by atoms with Gasteiger partial charge in [0.2, 0.25) is 0 Å². The number of aromatic nitrogens is 1. The largest absolute Gasteiger partial charge is 0.246 e. The third-order valence-corrected chi connectivity index (χ3v) is 3.04. The van der Waals surface area contributed by atoms with E-state index in [-0.39, 0.29) is 0 Å². The van der Waals surface area contributed by atoms with Crippen LogP contribution in [0.3, 0.4) is 0 Å². The number of pyridine rings is 1. The number of unbranched alkanes of at least 4 members (excludes halogenated alkanes) is 2. The molecule has 0 aliphatic heterocycles. The van der Waals surface area contributed by atoms with E-state index in [9.17, 15) is 0 Å². The van der Waals surface area contributed by atoms with Gasteiger partial charge in [0.25, 0.3) is 0 Å². The van der Waals surface area contributed by atoms with Crippen molar-refractivity contribution in [2.75, 3.05) is 4.43 Å². The maximum absolute atomic E-state index is 4.39. The Bertz CT molecular complexity index is 252. The lowest BCUT2D eigenvalue weighted by molar-refractivity contribution is 0.715. The molecule has 0 radical (unpaired) electrons. The Hall–Kier alpha value is 0.360. The van der Waals surface area contributed by atoms with Crippen molar-refractivity contribution < 1.29 is 0 Å². The first-order valence-electron chi connectivity index (χ1n) is 4.50. The standard InChI is InChI=1S/C10H13BrIN/c11-10-7-4-6-9(13-10)5-2-1-3-8-12/h4,6-7H,1-3,5,8H2. The Labute approximate surface area is 102 Å². The van der Waals surface area contributed by atoms with E-state index in [4.69, 9.17) is 0 Å². The molecule has 0 amide bonds. The van der Waals surface area contributed by atoms with Crippen LogP contribution in [0.5, 0.6) is 0 Å². The number of rotatable bonds is 5. The fraction of sp³-hybridized carbons (Fsp3) is 0.500. The van der Waals surface area contributed by atoms with Crippen molar-refractivity contribution in [2.24, 2.45) is 0 Å². The average molecular weight is 354 g/mol. The highest BCUT2D eigenvalue weighted by Gasteiger charge is 1.95. The average Bonchev–Trinajstić information content (AvgIpc) is 2.13. The molecule has 0 bridgehead atoms. The molecular formula is C10H13BrIN. The fourth-order valence-corrected chi connectivity index (χ4v) is 2.09. The van der Waals surface area contributed by atoms with Gasteiger partial charge in [-0.1, -0.05) is 35.1 Å². The van der Waals surface area contributed by atoms with Gasteiger partial charge >= 0.3 is 0 Å². The summed E-state index contributed by atoms with van der Waals surface area (Å²) in [6.07, 6.45) is 5.01. The van der Waals surface area contributed by atoms with Crippen molar-refractivity contribution in [2.45, 2.75) is 25.7 Å². The third kappa shape index (κ3) is 4.96. The first kappa shape index (κ1) is 11.4. The summed E-state index contributed by atoms with van der Waals surface area (Å²) >= 11 is 5.80. The van der Waals surface area contributed by atoms with Gasteiger partial charge in [-0.25, -0.2) is 4.98 Å². The van der Waals surface area contributed by atoms with Gasteiger partial charge in [-0.15, -0.1) is 0 Å². The molecule has 0 spiro atoms. The molecule has 1 aromatic rings. The molecule has 1 heterocycles. The Morgan fingerprint density at radius 3 is 2.77 bits per heavy atom. The molecule has 0 N–H and O–H groups in total. The predicted octanol–water partition coefficient (Wildman–Crippen LogP) is 3.99. The van der Waals surface area contributed by atoms with Crippen LogP contribution < -0.4 is 0 Å². The number of hydrogen-bond donors (Lipinski definition) is 0. The predicted molar refractivity (Wildman–Crippen MR) is 68.4 cm³/mol. The molecule has 1 rings (SSSR count). The van der Waals surface area contributed by atoms with Crippen molar-refractivity contribution in [1.29, 1.82) is 0 Å². The molecule has 0 aromatic carbocycles. The van der Waals surface area contributed by atoms with Gasteiger partial charge in [-0.3, -0.25) is 0 Å². The molecule has 0 aliphatic rings. The summed E-state index contributed by atoms with van der Waals surface area (Å²) in [7, 11) is 0. The van der Waals surface area contributed by atoms with Crippen molar-refractivity contribution in [3.8, 4) is 0 Å². The lowest BCUT2D eigenvalue weighted by atomic mass is 10.1. The zero-order chi connectivity index (χ0) is 9.52. The second-order valence-corrected chi connectivity index (χ2v) is 4.84. The second kappa shape index (κ2) is 6.76. The van der Waals surface area contributed by atoms with Crippen LogP contribution in [0.2, 0.25) is 0 Å². The summed E-state index contributed by atoms with van der Waals surface area (Å²) in [5.41, 5.74) is 1.20. The summed E-state index contributed by atoms with van der Waals surface area (Å²) in [6.45, 7) is 0. The number of nitrogens with zero attached hydrogens (tertiary/aromatic N) is 1. The number of hydrogen-bond acceptors (Lipinski definition) is 1. The molecule has 1 nitrogen and oxygen atoms in total. The molecule has 0 aliphatic carbocycles. The van der Waals surface area contributed by atoms with Crippen LogP contribution in [0.4, 0.5) is 0 Å². The molecule has 0 fully saturated rings. The molecule has 3 heteroatoms. The van der Waals surface area contributed by atoms with E-state index in [0.29, 0.717) is 0 Å². The number of halogens is 2. The Balaban J connectivity index is 2.28. The lowest BCUT2D eigenvalue weighted by Gasteiger charge is -2.00. The van der Waals surface area contributed by atoms with E-state index in [1.165, 1.54) is 29.4 Å². The molecule has 0 saturated heterocycles. The van der Waals surface area contributed by atoms with Crippen LogP contribution in [0.25, 0.3) is 0 Å². The molecular weight excluding hydrogens is 341 g/mol. The summed E-state index contributed by atoms with van der Waals surface area (Å²) < 4.78 is 2.21. The van der Waals surface area contributed by atoms with Gasteiger partial charge in [0, 0.05) is 5.69 Å². The van der Waals surface area contributed by atoms with Crippen molar-refractivity contribution >= 4 is 38.5 Å². The minimum atomic E-state index is 0.943. The fourth-order valence-electron chi connectivity index (χ4n) is 1.17. The van der Waals surface area contributed by atoms with Gasteiger partial charge in [-0.2, -0.15) is 0 Å². The third-order valence-electron chi connectivity index (χ3n) is 1.84. The van der Waals surface area contributed by atoms with Crippen molar-refractivity contribution in [3.63, 3.8) is 0 Å². The molecule has 0 saturated carbocycles. The van der Waals surface area contributed by atoms with Gasteiger partial charge < -0.3 is 0 Å². The molecule has 0 atom stereocenters. The zero-order valence-corrected chi connectivity index (χ0v) is 11.2. The first-order valence-corrected chi connectivity index (χ1v) is 6.82. The van der Waals surface area contributed by atoms with Crippen molar-refractivity contribution in [1.82, 2.24) is 4.98 Å². The smallest absolute Gasteiger partial charge is 0.106 e. The Morgan fingerprint density at radius 1 is 1.23 bits per heavy atom. The van der Waals surface area contributed by atoms with E-state index in [2.05, 4.69) is 49.6 Å². The van der Waals surface area contributed by atoms with Gasteiger partial charge in [0.1, 0.15) is 4.60 Å². The van der Waals surface area contributed by atoms with Crippen LogP contribution in [-0.2, 0) is 6.42 Å². The van der Waals surface area contributed by atoms with E-state index in [1.807, 2.05) is 12.1 Å². The van der Waals surface area contributed by atoms with E-state index >= 15 is 0 Å². The van der Waals surface area contributed by atoms with Gasteiger partial charge in [0.15, 0.2) is 0 Å². The Kier molecular flexibility index (Phi) is 5.95. The summed E-state index contributed by atoms with van der Waals surface area (Å²) in [5.74, 6) is 0. The quantitative estimate of drug-likeness (QED) is 0.337. The minimum absolute atomic E-state index is 0.943. The highest BCUT2D eigenvalue weighted by molar-refractivity contribution is 14.1. The number of aryl methyl sites for hydroxylation is 1. The summed E-state index contributed by atoms with van der Waals surface area (Å²) in [5, 5.41) is 0. The van der Waals surface area contributed by atoms with E-state index in [1.54, 1.807) is 0 Å². The minimum Gasteiger partial charge on any atom is -0.246 e. The van der Waals surface area contributed by atoms with E-state index < -0.39 is 0 Å². The van der Waals surface area contributed by atoms with Gasteiger partial charge in [0.05, 0.1) is 0 Å². The zero-order valence-electron chi connectivity index (χ0n) is 7.47. The topological polar surface area (TPSA) is 12.9 Å². The Morgan fingerprint density at radius 2 is 2.08 bits per heavy atom. The molecule has 1 aromatic heterocycles. The van der Waals surface area contributed by atoms with Crippen LogP contribution >= 0.6 is 38.5 Å². The van der Waals surface area contributed by atoms with Gasteiger partial charge in [-0.05, 0) is 51.8 Å². The maximum atomic E-state index is 4.39. The second-order valence-electron chi connectivity index (χ2n) is 2.95. The highest BCUT2D eigenvalue weighted by atomic mass is 127. The maximum Gasteiger partial charge on any atom is 0.106 e. The SMILES string of the molecule is Brc1cccc(CCCCCI)n1. The van der Waals surface area contributed by atoms with Crippen LogP contribution in [0, 0.1) is 0 Å². The molecule has 72 valence electrons. The first-order chi connectivity index (χ1) is 6.33. The molecule has 13 heavy (non-hydrogen) atoms. The summed E-state index contributed by atoms with van der Waals surface area (Å²) in [6, 6.07) is 6.11. The van der Waals surface area contributed by atoms with Crippen LogP contribution in [-0.4, -0.2) is 9.41 Å². The van der Waals surface area contributed by atoms with Crippen LogP contribution in [0.15, 0.2) is 22.8 Å². The normalized spacial score (nSPS) is 10.3. The highest BCUT2D eigenvalue weighted by Crippen LogP contribution is 2.09. The van der Waals surface area contributed by atoms with E-state index in [0.717, 1.165) is 11.0 Å². The lowest BCUT2D eigenvalue weighted by Crippen LogP contribution is -1.90. The number of alkyl halides is 1. The molecule has 0 unspecified atom stereocenters.